The molecule has 2 fully saturated rings. The van der Waals surface area contributed by atoms with Crippen molar-refractivity contribution in [1.29, 1.82) is 0 Å². The first-order chi connectivity index (χ1) is 10.8. The average molecular weight is 329 g/mol. The van der Waals surface area contributed by atoms with Gasteiger partial charge >= 0.3 is 6.09 Å². The number of hydrogen-bond acceptors (Lipinski definition) is 6. The molecule has 23 heavy (non-hydrogen) atoms. The van der Waals surface area contributed by atoms with E-state index in [2.05, 4.69) is 0 Å². The number of rotatable bonds is 4. The van der Waals surface area contributed by atoms with E-state index in [0.717, 1.165) is 0 Å². The maximum absolute atomic E-state index is 11.7. The SMILES string of the molecule is CCOC(=O)N1CCC(O)(CN2CCO[C@@](C)(C(N)=O)C2)CC1. The first-order valence-corrected chi connectivity index (χ1v) is 8.08. The molecule has 0 radical (unpaired) electrons. The molecule has 8 nitrogen and oxygen atoms in total. The van der Waals surface area contributed by atoms with Crippen molar-refractivity contribution in [3.05, 3.63) is 0 Å². The molecule has 0 saturated carbocycles. The van der Waals surface area contributed by atoms with Crippen LogP contribution in [0.4, 0.5) is 4.79 Å². The molecule has 2 saturated heterocycles. The lowest BCUT2D eigenvalue weighted by Crippen LogP contribution is -2.60. The average Bonchev–Trinajstić information content (AvgIpc) is 2.47. The van der Waals surface area contributed by atoms with Crippen LogP contribution in [0.1, 0.15) is 26.7 Å². The Hall–Kier alpha value is -1.38. The molecule has 0 spiro atoms. The van der Waals surface area contributed by atoms with Crippen molar-refractivity contribution in [2.24, 2.45) is 5.73 Å². The number of β-amino-alcohol motifs (C(OH)–C–C–N with tert-alkyl or cyclic N) is 1. The molecule has 2 aliphatic rings. The first kappa shape index (κ1) is 18.0. The Bertz CT molecular complexity index is 450. The zero-order chi connectivity index (χ0) is 17.1. The molecule has 0 bridgehead atoms. The first-order valence-electron chi connectivity index (χ1n) is 8.08. The summed E-state index contributed by atoms with van der Waals surface area (Å²) in [6.07, 6.45) is 0.634. The summed E-state index contributed by atoms with van der Waals surface area (Å²) in [7, 11) is 0. The minimum atomic E-state index is -1.01. The fourth-order valence-electron chi connectivity index (χ4n) is 3.13. The van der Waals surface area contributed by atoms with Gasteiger partial charge in [0.05, 0.1) is 18.8 Å². The Morgan fingerprint density at radius 3 is 2.52 bits per heavy atom. The summed E-state index contributed by atoms with van der Waals surface area (Å²) in [4.78, 5) is 26.9. The third kappa shape index (κ3) is 4.33. The normalized spacial score (nSPS) is 28.4. The molecule has 132 valence electrons. The number of piperidine rings is 1. The topological polar surface area (TPSA) is 105 Å². The Kier molecular flexibility index (Phi) is 5.49. The van der Waals surface area contributed by atoms with Gasteiger partial charge in [-0.05, 0) is 26.7 Å². The van der Waals surface area contributed by atoms with Crippen LogP contribution in [0, 0.1) is 0 Å². The number of primary amides is 1. The highest BCUT2D eigenvalue weighted by Crippen LogP contribution is 2.26. The zero-order valence-corrected chi connectivity index (χ0v) is 13.9. The minimum absolute atomic E-state index is 0.331. The Morgan fingerprint density at radius 2 is 1.96 bits per heavy atom. The fraction of sp³-hybridized carbons (Fsp3) is 0.867. The number of nitrogens with two attached hydrogens (primary N) is 1. The van der Waals surface area contributed by atoms with E-state index in [9.17, 15) is 14.7 Å². The van der Waals surface area contributed by atoms with Gasteiger partial charge in [-0.1, -0.05) is 0 Å². The predicted octanol–water partition coefficient (Wildman–Crippen LogP) is -0.454. The number of hydrogen-bond donors (Lipinski definition) is 2. The van der Waals surface area contributed by atoms with Gasteiger partial charge in [-0.2, -0.15) is 0 Å². The van der Waals surface area contributed by atoms with Crippen LogP contribution in [-0.2, 0) is 14.3 Å². The number of aliphatic hydroxyl groups is 1. The second-order valence-electron chi connectivity index (χ2n) is 6.56. The lowest BCUT2D eigenvalue weighted by atomic mass is 9.90. The summed E-state index contributed by atoms with van der Waals surface area (Å²) in [6.45, 7) is 6.58. The van der Waals surface area contributed by atoms with Crippen LogP contribution in [0.5, 0.6) is 0 Å². The molecule has 0 unspecified atom stereocenters. The maximum Gasteiger partial charge on any atom is 0.409 e. The monoisotopic (exact) mass is 329 g/mol. The van der Waals surface area contributed by atoms with Crippen molar-refractivity contribution in [2.75, 3.05) is 45.9 Å². The molecule has 0 aliphatic carbocycles. The quantitative estimate of drug-likeness (QED) is 0.723. The molecule has 0 aromatic rings. The summed E-state index contributed by atoms with van der Waals surface area (Å²) in [5.74, 6) is -0.494. The lowest BCUT2D eigenvalue weighted by Gasteiger charge is -2.44. The third-order valence-corrected chi connectivity index (χ3v) is 4.61. The molecule has 0 aromatic carbocycles. The number of nitrogens with zero attached hydrogens (tertiary/aromatic N) is 2. The van der Waals surface area contributed by atoms with Gasteiger partial charge in [-0.15, -0.1) is 0 Å². The largest absolute Gasteiger partial charge is 0.450 e. The van der Waals surface area contributed by atoms with Crippen LogP contribution in [-0.4, -0.2) is 84.0 Å². The van der Waals surface area contributed by atoms with Gasteiger partial charge in [0, 0.05) is 32.7 Å². The highest BCUT2D eigenvalue weighted by molar-refractivity contribution is 5.83. The molecule has 1 atom stereocenters. The summed E-state index contributed by atoms with van der Waals surface area (Å²) in [5.41, 5.74) is 3.51. The van der Waals surface area contributed by atoms with Crippen molar-refractivity contribution in [1.82, 2.24) is 9.80 Å². The van der Waals surface area contributed by atoms with E-state index in [0.29, 0.717) is 58.8 Å². The van der Waals surface area contributed by atoms with Crippen molar-refractivity contribution in [3.63, 3.8) is 0 Å². The van der Waals surface area contributed by atoms with Crippen LogP contribution in [0.3, 0.4) is 0 Å². The second kappa shape index (κ2) is 7.02. The van der Waals surface area contributed by atoms with Gasteiger partial charge in [0.2, 0.25) is 0 Å². The van der Waals surface area contributed by atoms with E-state index in [1.807, 2.05) is 4.90 Å². The van der Waals surface area contributed by atoms with Gasteiger partial charge in [0.25, 0.3) is 5.91 Å². The van der Waals surface area contributed by atoms with Gasteiger partial charge < -0.3 is 25.2 Å². The van der Waals surface area contributed by atoms with Gasteiger partial charge in [0.15, 0.2) is 5.60 Å². The molecule has 8 heteroatoms. The highest BCUT2D eigenvalue weighted by Gasteiger charge is 2.41. The van der Waals surface area contributed by atoms with Gasteiger partial charge in [-0.25, -0.2) is 4.79 Å². The fourth-order valence-corrected chi connectivity index (χ4v) is 3.13. The third-order valence-electron chi connectivity index (χ3n) is 4.61. The Morgan fingerprint density at radius 1 is 1.30 bits per heavy atom. The summed E-state index contributed by atoms with van der Waals surface area (Å²) < 4.78 is 10.5. The molecule has 0 aromatic heterocycles. The summed E-state index contributed by atoms with van der Waals surface area (Å²) >= 11 is 0. The predicted molar refractivity (Wildman–Crippen MR) is 82.8 cm³/mol. The van der Waals surface area contributed by atoms with E-state index in [4.69, 9.17) is 15.2 Å². The van der Waals surface area contributed by atoms with Gasteiger partial charge in [-0.3, -0.25) is 9.69 Å². The number of amides is 2. The Balaban J connectivity index is 1.88. The van der Waals surface area contributed by atoms with Crippen LogP contribution >= 0.6 is 0 Å². The molecule has 2 aliphatic heterocycles. The van der Waals surface area contributed by atoms with Crippen molar-refractivity contribution >= 4 is 12.0 Å². The molecular weight excluding hydrogens is 302 g/mol. The minimum Gasteiger partial charge on any atom is -0.450 e. The second-order valence-corrected chi connectivity index (χ2v) is 6.56. The van der Waals surface area contributed by atoms with Crippen molar-refractivity contribution < 1.29 is 24.2 Å². The number of carbonyl (C=O) groups excluding carboxylic acids is 2. The molecule has 3 N–H and O–H groups in total. The van der Waals surface area contributed by atoms with E-state index in [1.54, 1.807) is 18.7 Å². The smallest absolute Gasteiger partial charge is 0.409 e. The lowest BCUT2D eigenvalue weighted by molar-refractivity contribution is -0.157. The Labute approximate surface area is 136 Å². The van der Waals surface area contributed by atoms with E-state index in [1.165, 1.54) is 0 Å². The zero-order valence-electron chi connectivity index (χ0n) is 13.9. The van der Waals surface area contributed by atoms with E-state index in [-0.39, 0.29) is 6.09 Å². The van der Waals surface area contributed by atoms with E-state index < -0.39 is 17.1 Å². The molecule has 2 heterocycles. The standard InChI is InChI=1S/C15H27N3O5/c1-3-22-13(20)18-6-4-15(21,5-7-18)11-17-8-9-23-14(2,10-17)12(16)19/h21H,3-11H2,1-2H3,(H2,16,19)/t14-/m1/s1. The molecular formula is C15H27N3O5. The summed E-state index contributed by atoms with van der Waals surface area (Å²) in [5, 5.41) is 10.8. The van der Waals surface area contributed by atoms with Crippen molar-refractivity contribution in [3.8, 4) is 0 Å². The van der Waals surface area contributed by atoms with Crippen LogP contribution in [0.25, 0.3) is 0 Å². The van der Waals surface area contributed by atoms with E-state index >= 15 is 0 Å². The maximum atomic E-state index is 11.7. The van der Waals surface area contributed by atoms with Crippen molar-refractivity contribution in [2.45, 2.75) is 37.9 Å². The molecule has 2 rings (SSSR count). The molecule has 2 amide bonds. The highest BCUT2D eigenvalue weighted by atomic mass is 16.6. The number of morpholine rings is 1. The number of likely N-dealkylation sites (tertiary alicyclic amines) is 1. The number of ether oxygens (including phenoxy) is 2. The van der Waals surface area contributed by atoms with Crippen LogP contribution < -0.4 is 5.73 Å². The summed E-state index contributed by atoms with van der Waals surface area (Å²) in [6, 6.07) is 0. The van der Waals surface area contributed by atoms with Crippen LogP contribution in [0.2, 0.25) is 0 Å². The number of carbonyl (C=O) groups is 2. The van der Waals surface area contributed by atoms with Crippen LogP contribution in [0.15, 0.2) is 0 Å². The van der Waals surface area contributed by atoms with Gasteiger partial charge in [0.1, 0.15) is 0 Å².